The van der Waals surface area contributed by atoms with Crippen molar-refractivity contribution in [3.05, 3.63) is 35.6 Å². The van der Waals surface area contributed by atoms with Gasteiger partial charge in [0.2, 0.25) is 0 Å². The molecule has 1 saturated carbocycles. The van der Waals surface area contributed by atoms with Crippen molar-refractivity contribution in [3.63, 3.8) is 0 Å². The highest BCUT2D eigenvalue weighted by molar-refractivity contribution is 5.73. The summed E-state index contributed by atoms with van der Waals surface area (Å²) in [5.41, 5.74) is 0.986. The first kappa shape index (κ1) is 14.5. The SMILES string of the molecule is CC1CC(c2cccc(F)c2)CN1C(CC1CC1)C(=O)O. The number of hydrogen-bond acceptors (Lipinski definition) is 2. The molecule has 0 aromatic heterocycles. The first-order chi connectivity index (χ1) is 10.0. The Bertz CT molecular complexity index is 529. The summed E-state index contributed by atoms with van der Waals surface area (Å²) < 4.78 is 13.4. The van der Waals surface area contributed by atoms with E-state index >= 15 is 0 Å². The number of carboxylic acid groups (broad SMARTS) is 1. The lowest BCUT2D eigenvalue weighted by atomic mass is 9.97. The topological polar surface area (TPSA) is 40.5 Å². The van der Waals surface area contributed by atoms with Crippen LogP contribution in [0.4, 0.5) is 4.39 Å². The largest absolute Gasteiger partial charge is 0.480 e. The van der Waals surface area contributed by atoms with E-state index in [1.807, 2.05) is 6.07 Å². The van der Waals surface area contributed by atoms with Crippen LogP contribution in [-0.2, 0) is 4.79 Å². The monoisotopic (exact) mass is 291 g/mol. The van der Waals surface area contributed by atoms with Crippen LogP contribution in [0.1, 0.15) is 44.1 Å². The number of likely N-dealkylation sites (tertiary alicyclic amines) is 1. The molecule has 114 valence electrons. The fourth-order valence-electron chi connectivity index (χ4n) is 3.54. The lowest BCUT2D eigenvalue weighted by Crippen LogP contribution is -2.43. The van der Waals surface area contributed by atoms with Crippen LogP contribution in [0.15, 0.2) is 24.3 Å². The van der Waals surface area contributed by atoms with Crippen molar-refractivity contribution in [2.24, 2.45) is 5.92 Å². The molecule has 3 nitrogen and oxygen atoms in total. The summed E-state index contributed by atoms with van der Waals surface area (Å²) >= 11 is 0. The van der Waals surface area contributed by atoms with Crippen molar-refractivity contribution in [1.29, 1.82) is 0 Å². The lowest BCUT2D eigenvalue weighted by Gasteiger charge is -2.28. The summed E-state index contributed by atoms with van der Waals surface area (Å²) in [7, 11) is 0. The van der Waals surface area contributed by atoms with Crippen LogP contribution in [0.2, 0.25) is 0 Å². The molecule has 1 aliphatic carbocycles. The van der Waals surface area contributed by atoms with Crippen molar-refractivity contribution < 1.29 is 14.3 Å². The van der Waals surface area contributed by atoms with Gasteiger partial charge in [0.05, 0.1) is 0 Å². The number of rotatable bonds is 5. The van der Waals surface area contributed by atoms with Gasteiger partial charge < -0.3 is 5.11 Å². The number of carboxylic acids is 1. The van der Waals surface area contributed by atoms with E-state index in [2.05, 4.69) is 11.8 Å². The second-order valence-electron chi connectivity index (χ2n) is 6.57. The Labute approximate surface area is 124 Å². The Hall–Kier alpha value is -1.42. The van der Waals surface area contributed by atoms with Crippen molar-refractivity contribution in [2.75, 3.05) is 6.54 Å². The quantitative estimate of drug-likeness (QED) is 0.905. The van der Waals surface area contributed by atoms with Gasteiger partial charge in [-0.25, -0.2) is 4.39 Å². The van der Waals surface area contributed by atoms with Gasteiger partial charge in [0.25, 0.3) is 0 Å². The zero-order valence-corrected chi connectivity index (χ0v) is 12.3. The summed E-state index contributed by atoms with van der Waals surface area (Å²) in [6.45, 7) is 2.80. The molecular formula is C17H22FNO2. The molecule has 0 amide bonds. The molecule has 1 N–H and O–H groups in total. The van der Waals surface area contributed by atoms with Crippen molar-refractivity contribution in [3.8, 4) is 0 Å². The number of nitrogens with zero attached hydrogens (tertiary/aromatic N) is 1. The maximum Gasteiger partial charge on any atom is 0.320 e. The molecule has 4 heteroatoms. The average Bonchev–Trinajstić information content (AvgIpc) is 3.18. The summed E-state index contributed by atoms with van der Waals surface area (Å²) in [5.74, 6) is -0.108. The van der Waals surface area contributed by atoms with Crippen LogP contribution in [-0.4, -0.2) is 34.6 Å². The summed E-state index contributed by atoms with van der Waals surface area (Å²) in [6, 6.07) is 6.56. The summed E-state index contributed by atoms with van der Waals surface area (Å²) in [5, 5.41) is 9.53. The minimum Gasteiger partial charge on any atom is -0.480 e. The van der Waals surface area contributed by atoms with Crippen molar-refractivity contribution in [1.82, 2.24) is 4.90 Å². The standard InChI is InChI=1S/C17H22FNO2/c1-11-7-14(13-3-2-4-15(18)9-13)10-19(11)16(17(20)21)8-12-5-6-12/h2-4,9,11-12,14,16H,5-8,10H2,1H3,(H,20,21). The van der Waals surface area contributed by atoms with E-state index in [1.165, 1.54) is 18.9 Å². The van der Waals surface area contributed by atoms with Gasteiger partial charge >= 0.3 is 5.97 Å². The van der Waals surface area contributed by atoms with Crippen molar-refractivity contribution >= 4 is 5.97 Å². The summed E-state index contributed by atoms with van der Waals surface area (Å²) in [4.78, 5) is 13.7. The molecule has 1 heterocycles. The molecule has 1 aromatic rings. The highest BCUT2D eigenvalue weighted by Gasteiger charge is 2.40. The molecular weight excluding hydrogens is 269 g/mol. The van der Waals surface area contributed by atoms with Gasteiger partial charge in [0, 0.05) is 12.6 Å². The van der Waals surface area contributed by atoms with Gasteiger partial charge in [-0.15, -0.1) is 0 Å². The van der Waals surface area contributed by atoms with Gasteiger partial charge in [-0.3, -0.25) is 9.69 Å². The molecule has 3 unspecified atom stereocenters. The first-order valence-electron chi connectivity index (χ1n) is 7.78. The maximum absolute atomic E-state index is 13.4. The van der Waals surface area contributed by atoms with Crippen LogP contribution in [0.25, 0.3) is 0 Å². The Kier molecular flexibility index (Phi) is 3.98. The van der Waals surface area contributed by atoms with Crippen LogP contribution in [0.5, 0.6) is 0 Å². The van der Waals surface area contributed by atoms with Crippen LogP contribution in [0, 0.1) is 11.7 Å². The van der Waals surface area contributed by atoms with E-state index in [9.17, 15) is 14.3 Å². The first-order valence-corrected chi connectivity index (χ1v) is 7.78. The number of aliphatic carboxylic acids is 1. The predicted molar refractivity (Wildman–Crippen MR) is 78.7 cm³/mol. The van der Waals surface area contributed by atoms with Gasteiger partial charge in [-0.1, -0.05) is 25.0 Å². The molecule has 3 rings (SSSR count). The third kappa shape index (κ3) is 3.26. The van der Waals surface area contributed by atoms with Crippen LogP contribution in [0.3, 0.4) is 0 Å². The molecule has 0 radical (unpaired) electrons. The normalized spacial score (nSPS) is 27.7. The number of benzene rings is 1. The van der Waals surface area contributed by atoms with Gasteiger partial charge in [0.15, 0.2) is 0 Å². The smallest absolute Gasteiger partial charge is 0.320 e. The third-order valence-corrected chi connectivity index (χ3v) is 4.88. The molecule has 3 atom stereocenters. The lowest BCUT2D eigenvalue weighted by molar-refractivity contribution is -0.144. The number of hydrogen-bond donors (Lipinski definition) is 1. The van der Waals surface area contributed by atoms with E-state index in [1.54, 1.807) is 12.1 Å². The molecule has 0 bridgehead atoms. The van der Waals surface area contributed by atoms with Crippen LogP contribution >= 0.6 is 0 Å². The minimum atomic E-state index is -0.714. The minimum absolute atomic E-state index is 0.216. The Balaban J connectivity index is 1.73. The molecule has 2 aliphatic rings. The molecule has 0 spiro atoms. The average molecular weight is 291 g/mol. The second-order valence-corrected chi connectivity index (χ2v) is 6.57. The zero-order valence-electron chi connectivity index (χ0n) is 12.3. The van der Waals surface area contributed by atoms with Crippen molar-refractivity contribution in [2.45, 2.75) is 50.6 Å². The van der Waals surface area contributed by atoms with Gasteiger partial charge in [-0.05, 0) is 49.3 Å². The highest BCUT2D eigenvalue weighted by atomic mass is 19.1. The Morgan fingerprint density at radius 2 is 2.24 bits per heavy atom. The fraction of sp³-hybridized carbons (Fsp3) is 0.588. The van der Waals surface area contributed by atoms with Gasteiger partial charge in [0.1, 0.15) is 11.9 Å². The van der Waals surface area contributed by atoms with Gasteiger partial charge in [-0.2, -0.15) is 0 Å². The number of halogens is 1. The van der Waals surface area contributed by atoms with E-state index < -0.39 is 5.97 Å². The molecule has 2 fully saturated rings. The molecule has 1 aromatic carbocycles. The molecule has 1 aliphatic heterocycles. The van der Waals surface area contributed by atoms with E-state index in [-0.39, 0.29) is 23.8 Å². The maximum atomic E-state index is 13.4. The zero-order chi connectivity index (χ0) is 15.0. The Morgan fingerprint density at radius 1 is 1.48 bits per heavy atom. The highest BCUT2D eigenvalue weighted by Crippen LogP contribution is 2.39. The van der Waals surface area contributed by atoms with Crippen LogP contribution < -0.4 is 0 Å². The molecule has 1 saturated heterocycles. The Morgan fingerprint density at radius 3 is 2.86 bits per heavy atom. The van der Waals surface area contributed by atoms with E-state index in [4.69, 9.17) is 0 Å². The van der Waals surface area contributed by atoms with E-state index in [0.29, 0.717) is 12.5 Å². The van der Waals surface area contributed by atoms with E-state index in [0.717, 1.165) is 18.4 Å². The summed E-state index contributed by atoms with van der Waals surface area (Å²) in [6.07, 6.45) is 3.99. The predicted octanol–water partition coefficient (Wildman–Crippen LogP) is 3.26. The molecule has 21 heavy (non-hydrogen) atoms. The second kappa shape index (κ2) is 5.76. The fourth-order valence-corrected chi connectivity index (χ4v) is 3.54. The number of carbonyl (C=O) groups is 1. The third-order valence-electron chi connectivity index (χ3n) is 4.88.